The van der Waals surface area contributed by atoms with Crippen LogP contribution in [0.4, 0.5) is 0 Å². The molecular formula is C21H32O7. The van der Waals surface area contributed by atoms with Crippen molar-refractivity contribution < 1.29 is 34.0 Å². The minimum atomic E-state index is -1.47. The molecule has 0 aromatic carbocycles. The molecule has 1 spiro atoms. The number of hydrogen-bond acceptors (Lipinski definition) is 7. The van der Waals surface area contributed by atoms with Crippen molar-refractivity contribution in [2.75, 3.05) is 7.11 Å². The third kappa shape index (κ3) is 2.00. The van der Waals surface area contributed by atoms with Crippen molar-refractivity contribution in [1.29, 1.82) is 0 Å². The highest BCUT2D eigenvalue weighted by Gasteiger charge is 2.75. The summed E-state index contributed by atoms with van der Waals surface area (Å²) in [6.45, 7) is 6.45. The van der Waals surface area contributed by atoms with E-state index >= 15 is 0 Å². The molecule has 5 rings (SSSR count). The minimum Gasteiger partial charge on any atom is -0.462 e. The van der Waals surface area contributed by atoms with E-state index in [9.17, 15) is 15.0 Å². The molecule has 0 aromatic rings. The number of aliphatic hydroxyl groups excluding tert-OH is 1. The van der Waals surface area contributed by atoms with Crippen molar-refractivity contribution >= 4 is 5.97 Å². The van der Waals surface area contributed by atoms with Crippen molar-refractivity contribution in [3.05, 3.63) is 0 Å². The van der Waals surface area contributed by atoms with E-state index in [4.69, 9.17) is 18.9 Å². The second kappa shape index (κ2) is 5.70. The maximum Gasteiger partial charge on any atom is 0.312 e. The smallest absolute Gasteiger partial charge is 0.312 e. The second-order valence-corrected chi connectivity index (χ2v) is 10.3. The summed E-state index contributed by atoms with van der Waals surface area (Å²) < 4.78 is 23.5. The van der Waals surface area contributed by atoms with Gasteiger partial charge in [-0.1, -0.05) is 20.3 Å². The van der Waals surface area contributed by atoms with Crippen LogP contribution in [0, 0.1) is 22.7 Å². The molecule has 7 heteroatoms. The zero-order chi connectivity index (χ0) is 20.1. The van der Waals surface area contributed by atoms with Crippen molar-refractivity contribution in [1.82, 2.24) is 0 Å². The van der Waals surface area contributed by atoms with Gasteiger partial charge in [0.2, 0.25) is 0 Å². The van der Waals surface area contributed by atoms with Crippen LogP contribution in [0.15, 0.2) is 0 Å². The molecule has 0 bridgehead atoms. The van der Waals surface area contributed by atoms with Gasteiger partial charge in [0.15, 0.2) is 12.6 Å². The highest BCUT2D eigenvalue weighted by molar-refractivity contribution is 5.80. The lowest BCUT2D eigenvalue weighted by molar-refractivity contribution is -0.356. The molecule has 2 N–H and O–H groups in total. The average molecular weight is 396 g/mol. The molecule has 2 saturated carbocycles. The van der Waals surface area contributed by atoms with Crippen LogP contribution in [0.5, 0.6) is 0 Å². The Labute approximate surface area is 165 Å². The zero-order valence-corrected chi connectivity index (χ0v) is 17.1. The second-order valence-electron chi connectivity index (χ2n) is 10.3. The molecule has 5 aliphatic rings. The molecule has 10 atom stereocenters. The normalized spacial score (nSPS) is 60.4. The highest BCUT2D eigenvalue weighted by atomic mass is 16.8. The summed E-state index contributed by atoms with van der Waals surface area (Å²) in [7, 11) is 1.45. The van der Waals surface area contributed by atoms with Crippen LogP contribution in [0.2, 0.25) is 0 Å². The topological polar surface area (TPSA) is 94.5 Å². The molecular weight excluding hydrogens is 364 g/mol. The van der Waals surface area contributed by atoms with Gasteiger partial charge >= 0.3 is 5.97 Å². The molecule has 7 nitrogen and oxygen atoms in total. The zero-order valence-electron chi connectivity index (χ0n) is 17.1. The summed E-state index contributed by atoms with van der Waals surface area (Å²) in [6.07, 6.45) is 1.42. The third-order valence-corrected chi connectivity index (χ3v) is 9.09. The average Bonchev–Trinajstić information content (AvgIpc) is 3.05. The van der Waals surface area contributed by atoms with Gasteiger partial charge in [0, 0.05) is 18.4 Å². The third-order valence-electron chi connectivity index (χ3n) is 9.09. The van der Waals surface area contributed by atoms with E-state index < -0.39 is 35.3 Å². The fourth-order valence-electron chi connectivity index (χ4n) is 7.68. The molecule has 3 saturated heterocycles. The van der Waals surface area contributed by atoms with E-state index in [0.29, 0.717) is 12.8 Å². The molecule has 5 fully saturated rings. The fraction of sp³-hybridized carbons (Fsp3) is 0.952. The van der Waals surface area contributed by atoms with Crippen molar-refractivity contribution in [3.8, 4) is 0 Å². The van der Waals surface area contributed by atoms with Crippen molar-refractivity contribution in [2.45, 2.75) is 95.3 Å². The first-order valence-electron chi connectivity index (χ1n) is 10.6. The van der Waals surface area contributed by atoms with Crippen molar-refractivity contribution in [2.24, 2.45) is 22.7 Å². The number of ether oxygens (including phenoxy) is 4. The number of hydrogen-bond donors (Lipinski definition) is 2. The SMILES string of the molecule is CO[C@@H]1O[C@@H]2O[C@]3(CC[C@]2(O)[C@H]1O)[C@H](C)C[C@H]1OC(=O)[C@@]2(C)CCC[C@@]3(C)[C@@H]12. The maximum atomic E-state index is 12.8. The van der Waals surface area contributed by atoms with E-state index in [1.807, 2.05) is 0 Å². The van der Waals surface area contributed by atoms with E-state index in [0.717, 1.165) is 25.7 Å². The fourth-order valence-corrected chi connectivity index (χ4v) is 7.68. The number of carbonyl (C=O) groups is 1. The summed E-state index contributed by atoms with van der Waals surface area (Å²) in [5.74, 6) is 0.157. The Morgan fingerprint density at radius 3 is 2.64 bits per heavy atom. The van der Waals surface area contributed by atoms with Crippen molar-refractivity contribution in [3.63, 3.8) is 0 Å². The molecule has 0 unspecified atom stereocenters. The first kappa shape index (κ1) is 19.2. The number of fused-ring (bicyclic) bond motifs is 2. The number of carbonyl (C=O) groups excluding carboxylic acids is 1. The molecule has 3 aliphatic heterocycles. The Bertz CT molecular complexity index is 698. The summed E-state index contributed by atoms with van der Waals surface area (Å²) in [5.41, 5.74) is -2.76. The molecule has 3 heterocycles. The van der Waals surface area contributed by atoms with Crippen LogP contribution >= 0.6 is 0 Å². The van der Waals surface area contributed by atoms with Crippen LogP contribution in [0.1, 0.15) is 59.3 Å². The molecule has 0 radical (unpaired) electrons. The van der Waals surface area contributed by atoms with E-state index in [1.165, 1.54) is 7.11 Å². The van der Waals surface area contributed by atoms with Gasteiger partial charge in [0.05, 0.1) is 11.0 Å². The van der Waals surface area contributed by atoms with Gasteiger partial charge in [-0.05, 0) is 44.9 Å². The Morgan fingerprint density at radius 1 is 1.18 bits per heavy atom. The number of aliphatic hydroxyl groups is 2. The van der Waals surface area contributed by atoms with Gasteiger partial charge in [-0.2, -0.15) is 0 Å². The summed E-state index contributed by atoms with van der Waals surface area (Å²) >= 11 is 0. The summed E-state index contributed by atoms with van der Waals surface area (Å²) in [5, 5.41) is 21.6. The van der Waals surface area contributed by atoms with Crippen LogP contribution in [0.3, 0.4) is 0 Å². The Morgan fingerprint density at radius 2 is 1.93 bits per heavy atom. The first-order chi connectivity index (χ1) is 13.1. The lowest BCUT2D eigenvalue weighted by Gasteiger charge is -2.65. The number of rotatable bonds is 1. The molecule has 2 aliphatic carbocycles. The molecule has 28 heavy (non-hydrogen) atoms. The predicted molar refractivity (Wildman–Crippen MR) is 96.9 cm³/mol. The van der Waals surface area contributed by atoms with E-state index in [2.05, 4.69) is 20.8 Å². The van der Waals surface area contributed by atoms with Crippen LogP contribution in [-0.2, 0) is 23.7 Å². The van der Waals surface area contributed by atoms with Crippen LogP contribution in [-0.4, -0.2) is 59.3 Å². The maximum absolute atomic E-state index is 12.8. The first-order valence-corrected chi connectivity index (χ1v) is 10.6. The quantitative estimate of drug-likeness (QED) is 0.652. The molecule has 158 valence electrons. The largest absolute Gasteiger partial charge is 0.462 e. The summed E-state index contributed by atoms with van der Waals surface area (Å²) in [4.78, 5) is 12.8. The van der Waals surface area contributed by atoms with Gasteiger partial charge in [0.25, 0.3) is 0 Å². The Hall–Kier alpha value is -0.730. The van der Waals surface area contributed by atoms with E-state index in [1.54, 1.807) is 0 Å². The minimum absolute atomic E-state index is 0.0722. The predicted octanol–water partition coefficient (Wildman–Crippen LogP) is 1.73. The Kier molecular flexibility index (Phi) is 3.92. The van der Waals surface area contributed by atoms with Gasteiger partial charge in [0.1, 0.15) is 17.8 Å². The van der Waals surface area contributed by atoms with Gasteiger partial charge in [-0.15, -0.1) is 0 Å². The highest BCUT2D eigenvalue weighted by Crippen LogP contribution is 2.69. The number of methoxy groups -OCH3 is 1. The van der Waals surface area contributed by atoms with Gasteiger partial charge in [-0.25, -0.2) is 0 Å². The van der Waals surface area contributed by atoms with Crippen LogP contribution < -0.4 is 0 Å². The van der Waals surface area contributed by atoms with Crippen LogP contribution in [0.25, 0.3) is 0 Å². The van der Waals surface area contributed by atoms with Gasteiger partial charge < -0.3 is 29.2 Å². The summed E-state index contributed by atoms with van der Waals surface area (Å²) in [6, 6.07) is 0. The standard InChI is InChI=1S/C21H32O7/c1-11-10-12-13-18(2,16(23)26-12)6-5-7-19(13,3)21(11)9-8-20(24)14(22)15(25-4)27-17(20)28-21/h11-15,17,22,24H,5-10H2,1-4H3/t11-,12-,13+,14+,15-,17-,18+,19+,20+,21-/m1/s1. The monoisotopic (exact) mass is 396 g/mol. The van der Waals surface area contributed by atoms with E-state index in [-0.39, 0.29) is 29.3 Å². The lowest BCUT2D eigenvalue weighted by Crippen LogP contribution is -2.70. The molecule has 0 aromatic heterocycles. The van der Waals surface area contributed by atoms with Gasteiger partial charge in [-0.3, -0.25) is 4.79 Å². The number of esters is 1. The molecule has 0 amide bonds. The lowest BCUT2D eigenvalue weighted by atomic mass is 9.43. The Balaban J connectivity index is 1.56.